The highest BCUT2D eigenvalue weighted by atomic mass is 35.5. The molecule has 2 aromatic carbocycles. The lowest BCUT2D eigenvalue weighted by atomic mass is 10.1. The molecule has 3 N–H and O–H groups in total. The van der Waals surface area contributed by atoms with Crippen LogP contribution in [0.4, 0.5) is 5.69 Å². The fraction of sp³-hybridized carbons (Fsp3) is 0.238. The van der Waals surface area contributed by atoms with Crippen LogP contribution in [-0.4, -0.2) is 33.0 Å². The van der Waals surface area contributed by atoms with E-state index in [9.17, 15) is 9.59 Å². The van der Waals surface area contributed by atoms with Gasteiger partial charge < -0.3 is 10.6 Å². The third-order valence-corrected chi connectivity index (χ3v) is 5.12. The molecule has 0 saturated heterocycles. The first-order valence-electron chi connectivity index (χ1n) is 9.35. The van der Waals surface area contributed by atoms with E-state index in [0.717, 1.165) is 11.1 Å². The van der Waals surface area contributed by atoms with Gasteiger partial charge in [0.25, 0.3) is 5.91 Å². The van der Waals surface area contributed by atoms with Gasteiger partial charge in [-0.15, -0.1) is 5.10 Å². The van der Waals surface area contributed by atoms with Crippen LogP contribution in [0.5, 0.6) is 0 Å². The van der Waals surface area contributed by atoms with Crippen LogP contribution in [0.3, 0.4) is 0 Å². The van der Waals surface area contributed by atoms with Crippen molar-refractivity contribution in [3.63, 3.8) is 0 Å². The molecule has 2 amide bonds. The van der Waals surface area contributed by atoms with Crippen molar-refractivity contribution >= 4 is 29.1 Å². The normalized spacial score (nSPS) is 15.9. The zero-order valence-corrected chi connectivity index (χ0v) is 16.6. The Bertz CT molecular complexity index is 1060. The summed E-state index contributed by atoms with van der Waals surface area (Å²) in [6, 6.07) is 12.8. The molecule has 2 heterocycles. The molecule has 0 unspecified atom stereocenters. The largest absolute Gasteiger partial charge is 0.337 e. The number of aromatic amines is 1. The van der Waals surface area contributed by atoms with Crippen LogP contribution in [0.15, 0.2) is 42.5 Å². The fourth-order valence-electron chi connectivity index (χ4n) is 3.27. The van der Waals surface area contributed by atoms with Gasteiger partial charge >= 0.3 is 0 Å². The molecule has 29 heavy (non-hydrogen) atoms. The first-order chi connectivity index (χ1) is 14.0. The molecule has 0 aliphatic carbocycles. The number of aryl methyl sites for hydroxylation is 2. The summed E-state index contributed by atoms with van der Waals surface area (Å²) in [7, 11) is 0. The van der Waals surface area contributed by atoms with Gasteiger partial charge in [0, 0.05) is 17.1 Å². The van der Waals surface area contributed by atoms with Gasteiger partial charge in [0.15, 0.2) is 0 Å². The number of carbonyl (C=O) groups excluding carboxylic acids is 2. The second-order valence-corrected chi connectivity index (χ2v) is 7.56. The number of anilines is 1. The summed E-state index contributed by atoms with van der Waals surface area (Å²) in [5.41, 5.74) is 3.91. The molecule has 1 atom stereocenters. The average Bonchev–Trinajstić information content (AvgIpc) is 3.10. The monoisotopic (exact) mass is 409 g/mol. The number of H-pyrrole nitrogens is 1. The SMILES string of the molecule is Cc1ccc(Cc2nc(C(=O)N[C@H]3CCc4ccc(Cl)cc4NC3=O)n[nH]2)cc1. The standard InChI is InChI=1S/C21H20ClN5O2/c1-12-2-4-13(5-3-12)10-18-25-19(27-26-18)21(29)23-16-9-7-14-6-8-15(22)11-17(14)24-20(16)28/h2-6,8,11,16H,7,9-10H2,1H3,(H,23,29)(H,24,28)(H,25,26,27)/t16-/m0/s1. The second-order valence-electron chi connectivity index (χ2n) is 7.12. The molecule has 0 saturated carbocycles. The highest BCUT2D eigenvalue weighted by Crippen LogP contribution is 2.25. The maximum Gasteiger partial charge on any atom is 0.291 e. The minimum absolute atomic E-state index is 0.0183. The first kappa shape index (κ1) is 19.1. The maximum absolute atomic E-state index is 12.6. The smallest absolute Gasteiger partial charge is 0.291 e. The predicted molar refractivity (Wildman–Crippen MR) is 110 cm³/mol. The van der Waals surface area contributed by atoms with Crippen molar-refractivity contribution in [2.75, 3.05) is 5.32 Å². The molecule has 0 spiro atoms. The molecular weight excluding hydrogens is 390 g/mol. The number of nitrogens with one attached hydrogen (secondary N) is 3. The van der Waals surface area contributed by atoms with Crippen LogP contribution in [0.1, 0.15) is 39.6 Å². The van der Waals surface area contributed by atoms with Crippen LogP contribution in [0, 0.1) is 6.92 Å². The first-order valence-corrected chi connectivity index (χ1v) is 9.73. The predicted octanol–water partition coefficient (Wildman–Crippen LogP) is 3.04. The van der Waals surface area contributed by atoms with Crippen LogP contribution in [0.25, 0.3) is 0 Å². The van der Waals surface area contributed by atoms with Crippen LogP contribution in [-0.2, 0) is 17.6 Å². The van der Waals surface area contributed by atoms with Gasteiger partial charge in [0.05, 0.1) is 0 Å². The van der Waals surface area contributed by atoms with Crippen molar-refractivity contribution < 1.29 is 9.59 Å². The third-order valence-electron chi connectivity index (χ3n) is 4.88. The number of fused-ring (bicyclic) bond motifs is 1. The lowest BCUT2D eigenvalue weighted by molar-refractivity contribution is -0.118. The van der Waals surface area contributed by atoms with E-state index < -0.39 is 11.9 Å². The Balaban J connectivity index is 1.41. The van der Waals surface area contributed by atoms with Gasteiger partial charge in [-0.3, -0.25) is 14.7 Å². The van der Waals surface area contributed by atoms with E-state index in [2.05, 4.69) is 25.8 Å². The van der Waals surface area contributed by atoms with Crippen LogP contribution in [0.2, 0.25) is 5.02 Å². The molecular formula is C21H20ClN5O2. The van der Waals surface area contributed by atoms with Gasteiger partial charge in [0.1, 0.15) is 11.9 Å². The van der Waals surface area contributed by atoms with Crippen molar-refractivity contribution in [3.8, 4) is 0 Å². The number of amides is 2. The lowest BCUT2D eigenvalue weighted by Crippen LogP contribution is -2.43. The fourth-order valence-corrected chi connectivity index (χ4v) is 3.44. The zero-order valence-electron chi connectivity index (χ0n) is 15.8. The minimum atomic E-state index is -0.673. The number of benzene rings is 2. The molecule has 0 bridgehead atoms. The molecule has 8 heteroatoms. The summed E-state index contributed by atoms with van der Waals surface area (Å²) >= 11 is 6.01. The van der Waals surface area contributed by atoms with Crippen molar-refractivity contribution in [2.24, 2.45) is 0 Å². The Morgan fingerprint density at radius 1 is 1.24 bits per heavy atom. The Kier molecular flexibility index (Phi) is 5.31. The molecule has 3 aromatic rings. The Morgan fingerprint density at radius 2 is 2.03 bits per heavy atom. The molecule has 4 rings (SSSR count). The van der Waals surface area contributed by atoms with Gasteiger partial charge in [-0.1, -0.05) is 47.5 Å². The quantitative estimate of drug-likeness (QED) is 0.616. The second kappa shape index (κ2) is 8.05. The minimum Gasteiger partial charge on any atom is -0.337 e. The van der Waals surface area contributed by atoms with Crippen LogP contribution < -0.4 is 10.6 Å². The summed E-state index contributed by atoms with van der Waals surface area (Å²) in [6.07, 6.45) is 1.66. The number of hydrogen-bond donors (Lipinski definition) is 3. The van der Waals surface area contributed by atoms with Gasteiger partial charge in [-0.25, -0.2) is 4.98 Å². The van der Waals surface area contributed by atoms with Gasteiger partial charge in [0.2, 0.25) is 11.7 Å². The van der Waals surface area contributed by atoms with Gasteiger partial charge in [-0.05, 0) is 43.0 Å². The van der Waals surface area contributed by atoms with E-state index in [4.69, 9.17) is 11.6 Å². The average molecular weight is 410 g/mol. The molecule has 1 aliphatic rings. The summed E-state index contributed by atoms with van der Waals surface area (Å²) in [5.74, 6) is -0.161. The molecule has 0 fully saturated rings. The number of carbonyl (C=O) groups is 2. The van der Waals surface area contributed by atoms with Crippen molar-refractivity contribution in [1.29, 1.82) is 0 Å². The van der Waals surface area contributed by atoms with Crippen LogP contribution >= 0.6 is 11.6 Å². The topological polar surface area (TPSA) is 99.8 Å². The highest BCUT2D eigenvalue weighted by Gasteiger charge is 2.27. The van der Waals surface area contributed by atoms with Crippen molar-refractivity contribution in [3.05, 3.63) is 75.8 Å². The van der Waals surface area contributed by atoms with Crippen molar-refractivity contribution in [2.45, 2.75) is 32.2 Å². The van der Waals surface area contributed by atoms with E-state index in [1.165, 1.54) is 5.56 Å². The zero-order chi connectivity index (χ0) is 20.4. The third kappa shape index (κ3) is 4.46. The molecule has 0 radical (unpaired) electrons. The van der Waals surface area contributed by atoms with E-state index in [-0.39, 0.29) is 11.7 Å². The Morgan fingerprint density at radius 3 is 2.83 bits per heavy atom. The molecule has 7 nitrogen and oxygen atoms in total. The van der Waals surface area contributed by atoms with E-state index in [0.29, 0.717) is 35.8 Å². The maximum atomic E-state index is 12.6. The van der Waals surface area contributed by atoms with Gasteiger partial charge in [-0.2, -0.15) is 0 Å². The Labute approximate surface area is 172 Å². The molecule has 1 aliphatic heterocycles. The summed E-state index contributed by atoms with van der Waals surface area (Å²) in [6.45, 7) is 2.03. The molecule has 1 aromatic heterocycles. The van der Waals surface area contributed by atoms with E-state index in [1.807, 2.05) is 37.3 Å². The number of rotatable bonds is 4. The highest BCUT2D eigenvalue weighted by molar-refractivity contribution is 6.31. The van der Waals surface area contributed by atoms with Crippen molar-refractivity contribution in [1.82, 2.24) is 20.5 Å². The number of hydrogen-bond acceptors (Lipinski definition) is 4. The van der Waals surface area contributed by atoms with E-state index >= 15 is 0 Å². The summed E-state index contributed by atoms with van der Waals surface area (Å²) in [5, 5.41) is 12.9. The number of halogens is 1. The Hall–Kier alpha value is -3.19. The number of nitrogens with zero attached hydrogens (tertiary/aromatic N) is 2. The molecule has 148 valence electrons. The summed E-state index contributed by atoms with van der Waals surface area (Å²) < 4.78 is 0. The number of aromatic nitrogens is 3. The lowest BCUT2D eigenvalue weighted by Gasteiger charge is -2.13. The summed E-state index contributed by atoms with van der Waals surface area (Å²) in [4.78, 5) is 29.3. The van der Waals surface area contributed by atoms with E-state index in [1.54, 1.807) is 12.1 Å².